The highest BCUT2D eigenvalue weighted by atomic mass is 32.1. The molecule has 6 heteroatoms. The number of hydrogen-bond acceptors (Lipinski definition) is 3. The fraction of sp³-hybridized carbons (Fsp3) is 0.423. The Hall–Kier alpha value is -2.73. The second-order valence-electron chi connectivity index (χ2n) is 9.18. The summed E-state index contributed by atoms with van der Waals surface area (Å²) in [6.07, 6.45) is 10.1. The summed E-state index contributed by atoms with van der Waals surface area (Å²) in [6, 6.07) is 13.3. The molecule has 1 N–H and O–H groups in total. The van der Waals surface area contributed by atoms with Crippen LogP contribution in [-0.2, 0) is 0 Å². The summed E-state index contributed by atoms with van der Waals surface area (Å²) in [5, 5.41) is 4.50. The number of pyridine rings is 2. The van der Waals surface area contributed by atoms with Crippen LogP contribution in [-0.4, -0.2) is 30.6 Å². The summed E-state index contributed by atoms with van der Waals surface area (Å²) in [5.74, 6) is 0.962. The van der Waals surface area contributed by atoms with E-state index >= 15 is 0 Å². The van der Waals surface area contributed by atoms with Gasteiger partial charge in [-0.3, -0.25) is 4.98 Å². The largest absolute Gasteiger partial charge is 0.352 e. The molecular weight excluding hydrogens is 414 g/mol. The van der Waals surface area contributed by atoms with Crippen molar-refractivity contribution in [1.82, 2.24) is 24.8 Å². The predicted octanol–water partition coefficient (Wildman–Crippen LogP) is 5.50. The van der Waals surface area contributed by atoms with Gasteiger partial charge in [0.25, 0.3) is 0 Å². The minimum atomic E-state index is 0.0329. The molecule has 0 radical (unpaired) electrons. The molecule has 2 aliphatic rings. The van der Waals surface area contributed by atoms with Gasteiger partial charge in [-0.15, -0.1) is 0 Å². The van der Waals surface area contributed by atoms with Crippen molar-refractivity contribution >= 4 is 17.3 Å². The lowest BCUT2D eigenvalue weighted by atomic mass is 9.90. The highest BCUT2D eigenvalue weighted by molar-refractivity contribution is 7.80. The SMILES string of the molecule is Cc1ccc(-n2c(C)cc(C3C(c4ccccn4)NC(=S)N3C3CCCCC3)c2C)nc1. The molecule has 3 aromatic heterocycles. The summed E-state index contributed by atoms with van der Waals surface area (Å²) in [4.78, 5) is 11.9. The van der Waals surface area contributed by atoms with Crippen LogP contribution in [0.5, 0.6) is 0 Å². The van der Waals surface area contributed by atoms with E-state index < -0.39 is 0 Å². The third kappa shape index (κ3) is 3.71. The molecule has 3 aromatic rings. The van der Waals surface area contributed by atoms with Gasteiger partial charge in [-0.2, -0.15) is 0 Å². The third-order valence-corrected chi connectivity index (χ3v) is 7.35. The van der Waals surface area contributed by atoms with Crippen LogP contribution in [0.4, 0.5) is 0 Å². The van der Waals surface area contributed by atoms with E-state index in [0.717, 1.165) is 16.6 Å². The van der Waals surface area contributed by atoms with Crippen molar-refractivity contribution in [2.75, 3.05) is 0 Å². The van der Waals surface area contributed by atoms with Crippen molar-refractivity contribution < 1.29 is 0 Å². The van der Waals surface area contributed by atoms with Gasteiger partial charge in [-0.05, 0) is 81.2 Å². The molecule has 32 heavy (non-hydrogen) atoms. The Morgan fingerprint density at radius 2 is 1.81 bits per heavy atom. The van der Waals surface area contributed by atoms with Gasteiger partial charge in [0.1, 0.15) is 5.82 Å². The van der Waals surface area contributed by atoms with Crippen molar-refractivity contribution in [2.24, 2.45) is 0 Å². The van der Waals surface area contributed by atoms with E-state index in [-0.39, 0.29) is 12.1 Å². The summed E-state index contributed by atoms with van der Waals surface area (Å²) < 4.78 is 2.27. The van der Waals surface area contributed by atoms with E-state index in [1.54, 1.807) is 0 Å². The number of nitrogens with zero attached hydrogens (tertiary/aromatic N) is 4. The Labute approximate surface area is 195 Å². The fourth-order valence-electron chi connectivity index (χ4n) is 5.48. The van der Waals surface area contributed by atoms with Crippen LogP contribution in [0.25, 0.3) is 5.82 Å². The minimum Gasteiger partial charge on any atom is -0.352 e. The van der Waals surface area contributed by atoms with Gasteiger partial charge in [0.15, 0.2) is 5.11 Å². The molecule has 5 nitrogen and oxygen atoms in total. The molecule has 1 aliphatic carbocycles. The molecule has 5 rings (SSSR count). The molecule has 0 amide bonds. The quantitative estimate of drug-likeness (QED) is 0.538. The number of aromatic nitrogens is 3. The van der Waals surface area contributed by atoms with Crippen LogP contribution in [0.3, 0.4) is 0 Å². The first-order chi connectivity index (χ1) is 15.5. The van der Waals surface area contributed by atoms with Crippen molar-refractivity contribution in [3.63, 3.8) is 0 Å². The first-order valence-electron chi connectivity index (χ1n) is 11.7. The average molecular weight is 446 g/mol. The standard InChI is InChI=1S/C26H31N5S/c1-17-12-13-23(28-16-17)30-18(2)15-21(19(30)3)25-24(22-11-7-8-14-27-22)29-26(32)31(25)20-9-5-4-6-10-20/h7-8,11-16,20,24-25H,4-6,9-10H2,1-3H3,(H,29,32). The normalized spacial score (nSPS) is 21.7. The van der Waals surface area contributed by atoms with Crippen LogP contribution >= 0.6 is 12.2 Å². The number of hydrogen-bond donors (Lipinski definition) is 1. The Morgan fingerprint density at radius 3 is 2.50 bits per heavy atom. The average Bonchev–Trinajstić information content (AvgIpc) is 3.31. The van der Waals surface area contributed by atoms with Crippen molar-refractivity contribution in [3.8, 4) is 5.82 Å². The van der Waals surface area contributed by atoms with Gasteiger partial charge >= 0.3 is 0 Å². The van der Waals surface area contributed by atoms with Gasteiger partial charge in [0, 0.05) is 29.8 Å². The number of aryl methyl sites for hydroxylation is 2. The van der Waals surface area contributed by atoms with Gasteiger partial charge in [-0.1, -0.05) is 31.4 Å². The van der Waals surface area contributed by atoms with Gasteiger partial charge in [0.2, 0.25) is 0 Å². The number of thiocarbonyl (C=S) groups is 1. The number of rotatable bonds is 4. The second kappa shape index (κ2) is 8.66. The molecule has 1 saturated carbocycles. The highest BCUT2D eigenvalue weighted by Gasteiger charge is 2.44. The molecule has 1 saturated heterocycles. The summed E-state index contributed by atoms with van der Waals surface area (Å²) in [5.41, 5.74) is 5.92. The van der Waals surface area contributed by atoms with Crippen LogP contribution in [0, 0.1) is 20.8 Å². The van der Waals surface area contributed by atoms with Crippen LogP contribution in [0.15, 0.2) is 48.8 Å². The minimum absolute atomic E-state index is 0.0329. The Morgan fingerprint density at radius 1 is 1.00 bits per heavy atom. The zero-order chi connectivity index (χ0) is 22.2. The summed E-state index contributed by atoms with van der Waals surface area (Å²) in [7, 11) is 0. The van der Waals surface area contributed by atoms with Crippen LogP contribution in [0.2, 0.25) is 0 Å². The molecule has 0 spiro atoms. The smallest absolute Gasteiger partial charge is 0.170 e. The van der Waals surface area contributed by atoms with Gasteiger partial charge < -0.3 is 14.8 Å². The molecule has 1 aliphatic heterocycles. The lowest BCUT2D eigenvalue weighted by molar-refractivity contribution is 0.197. The van der Waals surface area contributed by atoms with Crippen molar-refractivity contribution in [2.45, 2.75) is 71.0 Å². The molecule has 0 bridgehead atoms. The van der Waals surface area contributed by atoms with Crippen LogP contribution in [0.1, 0.15) is 72.4 Å². The van der Waals surface area contributed by atoms with Gasteiger partial charge in [-0.25, -0.2) is 4.98 Å². The van der Waals surface area contributed by atoms with Crippen molar-refractivity contribution in [3.05, 3.63) is 77.0 Å². The molecule has 2 atom stereocenters. The number of nitrogens with one attached hydrogen (secondary N) is 1. The summed E-state index contributed by atoms with van der Waals surface area (Å²) >= 11 is 5.93. The van der Waals surface area contributed by atoms with E-state index in [4.69, 9.17) is 22.2 Å². The van der Waals surface area contributed by atoms with E-state index in [2.05, 4.69) is 65.9 Å². The molecule has 4 heterocycles. The van der Waals surface area contributed by atoms with E-state index in [0.29, 0.717) is 6.04 Å². The lowest BCUT2D eigenvalue weighted by Gasteiger charge is -2.37. The van der Waals surface area contributed by atoms with E-state index in [1.807, 2.05) is 18.5 Å². The fourth-order valence-corrected chi connectivity index (χ4v) is 5.87. The van der Waals surface area contributed by atoms with Gasteiger partial charge in [0.05, 0.1) is 17.8 Å². The third-order valence-electron chi connectivity index (χ3n) is 7.02. The second-order valence-corrected chi connectivity index (χ2v) is 9.57. The first-order valence-corrected chi connectivity index (χ1v) is 12.1. The molecular formula is C26H31N5S. The van der Waals surface area contributed by atoms with E-state index in [1.165, 1.54) is 54.6 Å². The Kier molecular flexibility index (Phi) is 5.72. The predicted molar refractivity (Wildman–Crippen MR) is 132 cm³/mol. The maximum absolute atomic E-state index is 5.93. The Bertz CT molecular complexity index is 1100. The molecule has 166 valence electrons. The maximum Gasteiger partial charge on any atom is 0.170 e. The summed E-state index contributed by atoms with van der Waals surface area (Å²) in [6.45, 7) is 6.45. The lowest BCUT2D eigenvalue weighted by Crippen LogP contribution is -2.40. The van der Waals surface area contributed by atoms with Crippen molar-refractivity contribution in [1.29, 1.82) is 0 Å². The maximum atomic E-state index is 5.93. The molecule has 2 unspecified atom stereocenters. The monoisotopic (exact) mass is 445 g/mol. The van der Waals surface area contributed by atoms with Crippen LogP contribution < -0.4 is 5.32 Å². The topological polar surface area (TPSA) is 46.0 Å². The zero-order valence-electron chi connectivity index (χ0n) is 19.1. The molecule has 0 aromatic carbocycles. The zero-order valence-corrected chi connectivity index (χ0v) is 19.9. The molecule has 2 fully saturated rings. The van der Waals surface area contributed by atoms with E-state index in [9.17, 15) is 0 Å². The first kappa shape index (κ1) is 21.1. The Balaban J connectivity index is 1.62. The highest BCUT2D eigenvalue weighted by Crippen LogP contribution is 2.44.